The highest BCUT2D eigenvalue weighted by Gasteiger charge is 2.25. The maximum Gasteiger partial charge on any atom is 0.329 e. The van der Waals surface area contributed by atoms with E-state index >= 15 is 0 Å². The third kappa shape index (κ3) is 3.55. The minimum Gasteiger partial charge on any atom is -0.489 e. The number of carbonyl (C=O) groups is 1. The Kier molecular flexibility index (Phi) is 4.58. The van der Waals surface area contributed by atoms with Crippen LogP contribution >= 0.6 is 11.8 Å². The molecule has 0 bridgehead atoms. The summed E-state index contributed by atoms with van der Waals surface area (Å²) in [6, 6.07) is 18.9. The van der Waals surface area contributed by atoms with Crippen molar-refractivity contribution in [3.8, 4) is 5.75 Å². The summed E-state index contributed by atoms with van der Waals surface area (Å²) >= 11 is 1.43. The van der Waals surface area contributed by atoms with E-state index in [-0.39, 0.29) is 0 Å². The van der Waals surface area contributed by atoms with E-state index < -0.39 is 12.0 Å². The quantitative estimate of drug-likeness (QED) is 0.746. The van der Waals surface area contributed by atoms with Crippen LogP contribution in [0.2, 0.25) is 0 Å². The Morgan fingerprint density at radius 2 is 2.00 bits per heavy atom. The molecule has 4 rings (SSSR count). The molecule has 0 saturated heterocycles. The van der Waals surface area contributed by atoms with Crippen molar-refractivity contribution in [1.82, 2.24) is 4.98 Å². The predicted molar refractivity (Wildman–Crippen MR) is 103 cm³/mol. The second kappa shape index (κ2) is 7.17. The number of carboxylic acids is 1. The van der Waals surface area contributed by atoms with Crippen LogP contribution < -0.4 is 4.74 Å². The van der Waals surface area contributed by atoms with Gasteiger partial charge >= 0.3 is 5.97 Å². The van der Waals surface area contributed by atoms with Gasteiger partial charge in [0.15, 0.2) is 6.04 Å². The molecule has 2 heterocycles. The monoisotopic (exact) mass is 364 g/mol. The molecule has 1 aliphatic heterocycles. The summed E-state index contributed by atoms with van der Waals surface area (Å²) in [6.07, 6.45) is 0. The molecule has 0 aliphatic carbocycles. The number of ether oxygens (including phenoxy) is 1. The zero-order chi connectivity index (χ0) is 17.9. The summed E-state index contributed by atoms with van der Waals surface area (Å²) in [5, 5.41) is 10.7. The van der Waals surface area contributed by atoms with E-state index in [0.29, 0.717) is 23.1 Å². The maximum atomic E-state index is 11.0. The Bertz CT molecular complexity index is 989. The van der Waals surface area contributed by atoms with Crippen molar-refractivity contribution < 1.29 is 14.6 Å². The summed E-state index contributed by atoms with van der Waals surface area (Å²) in [6.45, 7) is 0.516. The van der Waals surface area contributed by atoms with Gasteiger partial charge in [-0.3, -0.25) is 4.99 Å². The van der Waals surface area contributed by atoms with Crippen LogP contribution in [0, 0.1) is 0 Å². The molecule has 6 heteroatoms. The van der Waals surface area contributed by atoms with E-state index in [1.165, 1.54) is 11.8 Å². The molecular formula is C20H16N2O3S. The van der Waals surface area contributed by atoms with Crippen molar-refractivity contribution in [3.63, 3.8) is 0 Å². The summed E-state index contributed by atoms with van der Waals surface area (Å²) in [5.41, 5.74) is 2.66. The molecule has 0 saturated carbocycles. The van der Waals surface area contributed by atoms with Gasteiger partial charge in [0.1, 0.15) is 17.4 Å². The van der Waals surface area contributed by atoms with Gasteiger partial charge in [-0.25, -0.2) is 9.78 Å². The number of thioether (sulfide) groups is 1. The fraction of sp³-hybridized carbons (Fsp3) is 0.150. The number of aromatic nitrogens is 1. The van der Waals surface area contributed by atoms with Crippen molar-refractivity contribution in [2.75, 3.05) is 5.75 Å². The van der Waals surface area contributed by atoms with Crippen LogP contribution in [-0.4, -0.2) is 32.9 Å². The molecule has 1 N–H and O–H groups in total. The molecule has 3 aromatic rings. The molecule has 0 unspecified atom stereocenters. The molecular weight excluding hydrogens is 348 g/mol. The lowest BCUT2D eigenvalue weighted by atomic mass is 10.2. The van der Waals surface area contributed by atoms with E-state index in [9.17, 15) is 4.79 Å². The number of carboxylic acid groups (broad SMARTS) is 1. The second-order valence-electron chi connectivity index (χ2n) is 5.92. The zero-order valence-corrected chi connectivity index (χ0v) is 14.6. The van der Waals surface area contributed by atoms with Crippen molar-refractivity contribution >= 4 is 33.7 Å². The Hall–Kier alpha value is -2.86. The smallest absolute Gasteiger partial charge is 0.329 e. The standard InChI is InChI=1S/C20H16N2O3S/c23-20(24)18-12-26-19(22-18)17-8-6-14-10-15(7-9-16(14)21-17)25-11-13-4-2-1-3-5-13/h1-10,18H,11-12H2,(H,23,24)/t18-/m1/s1. The summed E-state index contributed by atoms with van der Waals surface area (Å²) in [5.74, 6) is 0.347. The Balaban J connectivity index is 1.53. The van der Waals surface area contributed by atoms with Crippen molar-refractivity contribution in [2.24, 2.45) is 4.99 Å². The first kappa shape index (κ1) is 16.6. The molecule has 130 valence electrons. The van der Waals surface area contributed by atoms with Crippen LogP contribution in [0.5, 0.6) is 5.75 Å². The lowest BCUT2D eigenvalue weighted by molar-refractivity contribution is -0.137. The van der Waals surface area contributed by atoms with Gasteiger partial charge < -0.3 is 9.84 Å². The average molecular weight is 364 g/mol. The van der Waals surface area contributed by atoms with E-state index in [1.54, 1.807) is 0 Å². The number of aliphatic carboxylic acids is 1. The highest BCUT2D eigenvalue weighted by atomic mass is 32.2. The highest BCUT2D eigenvalue weighted by molar-refractivity contribution is 8.14. The maximum absolute atomic E-state index is 11.0. The van der Waals surface area contributed by atoms with Gasteiger partial charge in [-0.1, -0.05) is 36.4 Å². The Labute approximate surface area is 154 Å². The molecule has 1 aromatic heterocycles. The molecule has 0 fully saturated rings. The summed E-state index contributed by atoms with van der Waals surface area (Å²) in [4.78, 5) is 19.9. The number of rotatable bonds is 5. The lowest BCUT2D eigenvalue weighted by Crippen LogP contribution is -2.17. The molecule has 5 nitrogen and oxygen atoms in total. The summed E-state index contributed by atoms with van der Waals surface area (Å²) in [7, 11) is 0. The van der Waals surface area contributed by atoms with E-state index in [0.717, 1.165) is 22.2 Å². The largest absolute Gasteiger partial charge is 0.489 e. The molecule has 0 radical (unpaired) electrons. The number of hydrogen-bond acceptors (Lipinski definition) is 5. The molecule has 1 atom stereocenters. The molecule has 0 amide bonds. The van der Waals surface area contributed by atoms with Gasteiger partial charge in [-0.15, -0.1) is 11.8 Å². The Morgan fingerprint density at radius 1 is 1.15 bits per heavy atom. The van der Waals surface area contributed by atoms with Gasteiger partial charge in [-0.05, 0) is 29.8 Å². The lowest BCUT2D eigenvalue weighted by Gasteiger charge is -2.08. The van der Waals surface area contributed by atoms with Gasteiger partial charge in [0.2, 0.25) is 0 Å². The average Bonchev–Trinajstić information content (AvgIpc) is 3.17. The summed E-state index contributed by atoms with van der Waals surface area (Å²) < 4.78 is 5.85. The molecule has 1 aliphatic rings. The van der Waals surface area contributed by atoms with Gasteiger partial charge in [0, 0.05) is 11.1 Å². The Morgan fingerprint density at radius 3 is 2.77 bits per heavy atom. The SMILES string of the molecule is O=C(O)[C@H]1CSC(c2ccc3cc(OCc4ccccc4)ccc3n2)=N1. The van der Waals surface area contributed by atoms with Gasteiger partial charge in [-0.2, -0.15) is 0 Å². The van der Waals surface area contributed by atoms with Crippen molar-refractivity contribution in [1.29, 1.82) is 0 Å². The van der Waals surface area contributed by atoms with Crippen LogP contribution in [0.4, 0.5) is 0 Å². The van der Waals surface area contributed by atoms with Crippen molar-refractivity contribution in [3.05, 3.63) is 71.9 Å². The van der Waals surface area contributed by atoms with E-state index in [2.05, 4.69) is 9.98 Å². The fourth-order valence-electron chi connectivity index (χ4n) is 2.69. The minimum absolute atomic E-state index is 0.455. The number of pyridine rings is 1. The van der Waals surface area contributed by atoms with Crippen molar-refractivity contribution in [2.45, 2.75) is 12.6 Å². The van der Waals surface area contributed by atoms with Crippen LogP contribution in [0.15, 0.2) is 65.7 Å². The van der Waals surface area contributed by atoms with E-state index in [1.807, 2.05) is 60.7 Å². The molecule has 2 aromatic carbocycles. The second-order valence-corrected chi connectivity index (χ2v) is 6.93. The number of benzene rings is 2. The predicted octanol–water partition coefficient (Wildman–Crippen LogP) is 3.76. The fourth-order valence-corrected chi connectivity index (χ4v) is 3.69. The third-order valence-electron chi connectivity index (χ3n) is 4.06. The van der Waals surface area contributed by atoms with Crippen LogP contribution in [0.3, 0.4) is 0 Å². The number of nitrogens with zero attached hydrogens (tertiary/aromatic N) is 2. The number of fused-ring (bicyclic) bond motifs is 1. The zero-order valence-electron chi connectivity index (χ0n) is 13.8. The first-order valence-electron chi connectivity index (χ1n) is 8.20. The first-order chi connectivity index (χ1) is 12.7. The molecule has 26 heavy (non-hydrogen) atoms. The topological polar surface area (TPSA) is 71.8 Å². The molecule has 0 spiro atoms. The highest BCUT2D eigenvalue weighted by Crippen LogP contribution is 2.26. The van der Waals surface area contributed by atoms with Gasteiger partial charge in [0.05, 0.1) is 11.2 Å². The first-order valence-corrected chi connectivity index (χ1v) is 9.19. The van der Waals surface area contributed by atoms with Crippen LogP contribution in [-0.2, 0) is 11.4 Å². The van der Waals surface area contributed by atoms with Crippen LogP contribution in [0.1, 0.15) is 11.3 Å². The number of hydrogen-bond donors (Lipinski definition) is 1. The normalized spacial score (nSPS) is 16.5. The third-order valence-corrected chi connectivity index (χ3v) is 5.13. The van der Waals surface area contributed by atoms with E-state index in [4.69, 9.17) is 9.84 Å². The number of aliphatic imine (C=N–C) groups is 1. The van der Waals surface area contributed by atoms with Crippen LogP contribution in [0.25, 0.3) is 10.9 Å². The van der Waals surface area contributed by atoms with Gasteiger partial charge in [0.25, 0.3) is 0 Å². The minimum atomic E-state index is -0.895.